The number of carbonyl (C=O) groups excluding carboxylic acids is 3. The second-order valence-electron chi connectivity index (χ2n) is 9.59. The number of hydrogen-bond acceptors (Lipinski definition) is 10. The van der Waals surface area contributed by atoms with E-state index in [-0.39, 0.29) is 35.1 Å². The Labute approximate surface area is 247 Å². The van der Waals surface area contributed by atoms with E-state index < -0.39 is 54.1 Å². The molecule has 3 aromatic rings. The van der Waals surface area contributed by atoms with Crippen molar-refractivity contribution < 1.29 is 51.6 Å². The lowest BCUT2D eigenvalue weighted by Gasteiger charge is -2.27. The number of ether oxygens (including phenoxy) is 6. The number of carbonyl (C=O) groups is 3. The molecule has 0 fully saturated rings. The quantitative estimate of drug-likeness (QED) is 0.138. The number of aromatic nitrogens is 1. The first-order valence-corrected chi connectivity index (χ1v) is 13.2. The van der Waals surface area contributed by atoms with Gasteiger partial charge >= 0.3 is 11.9 Å². The molecule has 2 aromatic carbocycles. The van der Waals surface area contributed by atoms with Crippen LogP contribution in [0.1, 0.15) is 54.7 Å². The Kier molecular flexibility index (Phi) is 11.4. The highest BCUT2D eigenvalue weighted by Crippen LogP contribution is 2.36. The van der Waals surface area contributed by atoms with Crippen molar-refractivity contribution in [2.75, 3.05) is 28.1 Å². The highest BCUT2D eigenvalue weighted by Gasteiger charge is 2.30. The topological polar surface area (TPSA) is 119 Å². The minimum absolute atomic E-state index is 0.0506. The molecule has 0 aliphatic carbocycles. The predicted octanol–water partition coefficient (Wildman–Crippen LogP) is 5.26. The average molecular weight is 602 g/mol. The second-order valence-corrected chi connectivity index (χ2v) is 9.59. The van der Waals surface area contributed by atoms with Crippen molar-refractivity contribution in [2.24, 2.45) is 5.92 Å². The summed E-state index contributed by atoms with van der Waals surface area (Å²) in [6.07, 6.45) is 0.0728. The van der Waals surface area contributed by atoms with Gasteiger partial charge in [0.05, 0.1) is 27.2 Å². The van der Waals surface area contributed by atoms with E-state index in [1.165, 1.54) is 71.7 Å². The number of ketones is 1. The van der Waals surface area contributed by atoms with Gasteiger partial charge < -0.3 is 28.4 Å². The van der Waals surface area contributed by atoms with Crippen LogP contribution in [0, 0.1) is 17.6 Å². The largest absolute Gasteiger partial charge is 0.497 e. The number of halogens is 2. The van der Waals surface area contributed by atoms with Gasteiger partial charge in [-0.15, -0.1) is 0 Å². The Morgan fingerprint density at radius 1 is 0.860 bits per heavy atom. The summed E-state index contributed by atoms with van der Waals surface area (Å²) in [5, 5.41) is 0. The lowest BCUT2D eigenvalue weighted by atomic mass is 9.86. The molecule has 10 nitrogen and oxygen atoms in total. The molecule has 3 rings (SSSR count). The highest BCUT2D eigenvalue weighted by molar-refractivity contribution is 5.99. The normalized spacial score (nSPS) is 12.2. The smallest absolute Gasteiger partial charge is 0.309 e. The molecule has 0 aliphatic heterocycles. The Balaban J connectivity index is 1.85. The van der Waals surface area contributed by atoms with Gasteiger partial charge in [-0.05, 0) is 42.3 Å². The third-order valence-corrected chi connectivity index (χ3v) is 6.46. The van der Waals surface area contributed by atoms with E-state index in [2.05, 4.69) is 4.98 Å². The molecule has 12 heteroatoms. The Morgan fingerprint density at radius 2 is 1.44 bits per heavy atom. The zero-order valence-electron chi connectivity index (χ0n) is 24.6. The second kappa shape index (κ2) is 14.9. The summed E-state index contributed by atoms with van der Waals surface area (Å²) >= 11 is 0. The molecule has 0 aliphatic rings. The van der Waals surface area contributed by atoms with Crippen LogP contribution in [0.3, 0.4) is 0 Å². The van der Waals surface area contributed by atoms with Crippen LogP contribution in [-0.4, -0.2) is 56.9 Å². The number of nitrogens with zero attached hydrogens (tertiary/aromatic N) is 1. The third kappa shape index (κ3) is 8.63. The van der Waals surface area contributed by atoms with E-state index in [0.29, 0.717) is 11.1 Å². The fraction of sp³-hybridized carbons (Fsp3) is 0.355. The SMILES string of the molecule is COc1cc(F)cc(C(c2cc(F)cc(OC)c2)[C@H](C)OC(=O)[C@H](C)CC(=O)c2nccc(OC)c2OCOC(C)=O)c1. The number of hydrogen-bond donors (Lipinski definition) is 0. The molecule has 43 heavy (non-hydrogen) atoms. The summed E-state index contributed by atoms with van der Waals surface area (Å²) in [6.45, 7) is 3.79. The van der Waals surface area contributed by atoms with E-state index in [9.17, 15) is 23.2 Å². The van der Waals surface area contributed by atoms with Crippen LogP contribution in [0.25, 0.3) is 0 Å². The molecule has 0 saturated carbocycles. The van der Waals surface area contributed by atoms with Gasteiger partial charge in [-0.25, -0.2) is 13.8 Å². The molecule has 1 heterocycles. The van der Waals surface area contributed by atoms with Gasteiger partial charge in [0.1, 0.15) is 29.2 Å². The fourth-order valence-corrected chi connectivity index (χ4v) is 4.42. The lowest BCUT2D eigenvalue weighted by molar-refractivity contribution is -0.153. The molecular formula is C31H33F2NO9. The maximum atomic E-state index is 14.5. The molecule has 1 aromatic heterocycles. The Morgan fingerprint density at radius 3 is 1.95 bits per heavy atom. The third-order valence-electron chi connectivity index (χ3n) is 6.46. The van der Waals surface area contributed by atoms with Crippen molar-refractivity contribution in [3.63, 3.8) is 0 Å². The van der Waals surface area contributed by atoms with E-state index >= 15 is 0 Å². The lowest BCUT2D eigenvalue weighted by Crippen LogP contribution is -2.28. The molecule has 0 amide bonds. The standard InChI is InChI=1S/C31H33F2NO9/c1-17(9-26(36)29-30(42-16-41-19(3)35)27(40-6)7-8-34-29)31(37)43-18(2)28(20-10-22(32)14-24(12-20)38-4)21-11-23(33)15-25(13-21)39-5/h7-8,10-15,17-18,28H,9,16H2,1-6H3/t17-,18+/m1/s1. The number of benzene rings is 2. The maximum Gasteiger partial charge on any atom is 0.309 e. The van der Waals surface area contributed by atoms with Crippen LogP contribution >= 0.6 is 0 Å². The number of pyridine rings is 1. The zero-order chi connectivity index (χ0) is 31.7. The molecule has 0 radical (unpaired) electrons. The molecule has 0 unspecified atom stereocenters. The van der Waals surface area contributed by atoms with Gasteiger partial charge in [-0.3, -0.25) is 14.4 Å². The molecule has 0 N–H and O–H groups in total. The molecule has 0 bridgehead atoms. The van der Waals surface area contributed by atoms with Crippen LogP contribution in [-0.2, 0) is 19.1 Å². The first-order valence-electron chi connectivity index (χ1n) is 13.2. The van der Waals surface area contributed by atoms with Crippen molar-refractivity contribution in [1.29, 1.82) is 0 Å². The summed E-state index contributed by atoms with van der Waals surface area (Å²) in [5.41, 5.74) is 0.600. The van der Waals surface area contributed by atoms with Crippen LogP contribution in [0.15, 0.2) is 48.7 Å². The summed E-state index contributed by atoms with van der Waals surface area (Å²) in [7, 11) is 4.12. The number of esters is 2. The predicted molar refractivity (Wildman–Crippen MR) is 149 cm³/mol. The minimum atomic E-state index is -0.950. The van der Waals surface area contributed by atoms with Crippen LogP contribution in [0.5, 0.6) is 23.0 Å². The van der Waals surface area contributed by atoms with Gasteiger partial charge in [0.25, 0.3) is 0 Å². The first kappa shape index (κ1) is 32.8. The van der Waals surface area contributed by atoms with Gasteiger partial charge in [-0.1, -0.05) is 6.92 Å². The van der Waals surface area contributed by atoms with E-state index in [1.807, 2.05) is 0 Å². The monoisotopic (exact) mass is 601 g/mol. The number of rotatable bonds is 14. The number of methoxy groups -OCH3 is 3. The maximum absolute atomic E-state index is 14.5. The van der Waals surface area contributed by atoms with Crippen molar-refractivity contribution >= 4 is 17.7 Å². The zero-order valence-corrected chi connectivity index (χ0v) is 24.6. The summed E-state index contributed by atoms with van der Waals surface area (Å²) in [6, 6.07) is 9.45. The van der Waals surface area contributed by atoms with E-state index in [1.54, 1.807) is 19.1 Å². The summed E-state index contributed by atoms with van der Waals surface area (Å²) in [4.78, 5) is 41.6. The van der Waals surface area contributed by atoms with Crippen molar-refractivity contribution in [2.45, 2.75) is 39.2 Å². The molecule has 0 saturated heterocycles. The summed E-state index contributed by atoms with van der Waals surface area (Å²) < 4.78 is 60.6. The Bertz CT molecular complexity index is 1410. The van der Waals surface area contributed by atoms with Crippen LogP contribution in [0.2, 0.25) is 0 Å². The van der Waals surface area contributed by atoms with Gasteiger partial charge in [0, 0.05) is 43.7 Å². The average Bonchev–Trinajstić information content (AvgIpc) is 2.96. The van der Waals surface area contributed by atoms with Gasteiger partial charge in [0.2, 0.25) is 6.79 Å². The highest BCUT2D eigenvalue weighted by atomic mass is 19.1. The minimum Gasteiger partial charge on any atom is -0.497 e. The van der Waals surface area contributed by atoms with E-state index in [4.69, 9.17) is 28.4 Å². The molecule has 0 spiro atoms. The molecular weight excluding hydrogens is 568 g/mol. The van der Waals surface area contributed by atoms with Crippen LogP contribution < -0.4 is 18.9 Å². The Hall–Kier alpha value is -4.74. The van der Waals surface area contributed by atoms with Gasteiger partial charge in [-0.2, -0.15) is 0 Å². The summed E-state index contributed by atoms with van der Waals surface area (Å²) in [5.74, 6) is -4.30. The van der Waals surface area contributed by atoms with Crippen LogP contribution in [0.4, 0.5) is 8.78 Å². The van der Waals surface area contributed by atoms with Gasteiger partial charge in [0.15, 0.2) is 23.0 Å². The van der Waals surface area contributed by atoms with Crippen molar-refractivity contribution in [3.8, 4) is 23.0 Å². The van der Waals surface area contributed by atoms with Crippen molar-refractivity contribution in [1.82, 2.24) is 4.98 Å². The van der Waals surface area contributed by atoms with E-state index in [0.717, 1.165) is 0 Å². The molecule has 230 valence electrons. The number of Topliss-reactive ketones (excluding diaryl/α,β-unsaturated/α-hetero) is 1. The molecule has 2 atom stereocenters. The first-order chi connectivity index (χ1) is 20.5. The fourth-order valence-electron chi connectivity index (χ4n) is 4.42. The van der Waals surface area contributed by atoms with Crippen molar-refractivity contribution in [3.05, 3.63) is 77.1 Å².